The number of ether oxygens (including phenoxy) is 2. The molecular weight excluding hydrogens is 488 g/mol. The normalized spacial score (nSPS) is 24.9. The molecular formula is C33H34N2O4. The first-order valence-corrected chi connectivity index (χ1v) is 14.1. The Hall–Kier alpha value is -3.69. The van der Waals surface area contributed by atoms with Crippen LogP contribution >= 0.6 is 0 Å². The van der Waals surface area contributed by atoms with Gasteiger partial charge in [-0.05, 0) is 80.3 Å². The van der Waals surface area contributed by atoms with Crippen molar-refractivity contribution in [2.45, 2.75) is 76.4 Å². The van der Waals surface area contributed by atoms with E-state index in [0.717, 1.165) is 36.8 Å². The third-order valence-electron chi connectivity index (χ3n) is 9.23. The van der Waals surface area contributed by atoms with Crippen molar-refractivity contribution in [1.82, 2.24) is 0 Å². The van der Waals surface area contributed by atoms with Crippen molar-refractivity contribution in [1.29, 1.82) is 5.26 Å². The Labute approximate surface area is 229 Å². The molecule has 2 amide bonds. The summed E-state index contributed by atoms with van der Waals surface area (Å²) in [7, 11) is 0. The number of imide groups is 1. The third-order valence-corrected chi connectivity index (χ3v) is 9.23. The number of hydrogen-bond acceptors (Lipinski definition) is 5. The average Bonchev–Trinajstić information content (AvgIpc) is 3.65. The monoisotopic (exact) mass is 522 g/mol. The van der Waals surface area contributed by atoms with Crippen molar-refractivity contribution in [2.24, 2.45) is 5.92 Å². The molecule has 0 aromatic heterocycles. The highest BCUT2D eigenvalue weighted by Gasteiger charge is 2.63. The van der Waals surface area contributed by atoms with E-state index in [-0.39, 0.29) is 11.8 Å². The molecule has 3 atom stereocenters. The number of anilines is 1. The predicted octanol–water partition coefficient (Wildman–Crippen LogP) is 6.27. The number of amides is 2. The van der Waals surface area contributed by atoms with Gasteiger partial charge in [-0.25, -0.2) is 4.90 Å². The van der Waals surface area contributed by atoms with E-state index in [1.165, 1.54) is 29.4 Å². The molecule has 3 aromatic carbocycles. The summed E-state index contributed by atoms with van der Waals surface area (Å²) in [6, 6.07) is 19.4. The molecule has 0 spiro atoms. The molecule has 6 heteroatoms. The van der Waals surface area contributed by atoms with Gasteiger partial charge >= 0.3 is 0 Å². The summed E-state index contributed by atoms with van der Waals surface area (Å²) < 4.78 is 12.9. The van der Waals surface area contributed by atoms with Crippen LogP contribution < -0.4 is 9.64 Å². The molecule has 0 N–H and O–H groups in total. The standard InChI is InChI=1S/C33H34N2O4/c1-3-33-16-15-32(39-33,17-18-38-26-13-11-23-7-6-8-24(23)19-26)20-29(33)31(37)35(22(2)36)30-14-12-25(21-34)27-9-4-5-10-28(27)30/h4-5,9-14,19,29H,3,6-8,15-18,20H2,1-2H3/t29-,32-,33-/m0/s1. The van der Waals surface area contributed by atoms with E-state index in [2.05, 4.69) is 31.2 Å². The second kappa shape index (κ2) is 9.81. The maximum absolute atomic E-state index is 14.2. The fraction of sp³-hybridized carbons (Fsp3) is 0.424. The molecule has 2 aliphatic heterocycles. The van der Waals surface area contributed by atoms with Gasteiger partial charge in [0.2, 0.25) is 11.8 Å². The molecule has 3 aliphatic rings. The van der Waals surface area contributed by atoms with Crippen LogP contribution in [0, 0.1) is 17.2 Å². The zero-order valence-electron chi connectivity index (χ0n) is 22.7. The van der Waals surface area contributed by atoms with Crippen LogP contribution in [0.4, 0.5) is 5.69 Å². The van der Waals surface area contributed by atoms with Gasteiger partial charge in [-0.3, -0.25) is 9.59 Å². The van der Waals surface area contributed by atoms with E-state index in [1.54, 1.807) is 12.1 Å². The van der Waals surface area contributed by atoms with Crippen molar-refractivity contribution >= 4 is 28.3 Å². The molecule has 2 fully saturated rings. The molecule has 200 valence electrons. The number of hydrogen-bond donors (Lipinski definition) is 0. The van der Waals surface area contributed by atoms with E-state index in [4.69, 9.17) is 9.47 Å². The summed E-state index contributed by atoms with van der Waals surface area (Å²) >= 11 is 0. The summed E-state index contributed by atoms with van der Waals surface area (Å²) in [5.41, 5.74) is 2.84. The number of nitrogens with zero attached hydrogens (tertiary/aromatic N) is 2. The van der Waals surface area contributed by atoms with Crippen molar-refractivity contribution in [3.05, 3.63) is 71.3 Å². The van der Waals surface area contributed by atoms with Crippen molar-refractivity contribution in [2.75, 3.05) is 11.5 Å². The Kier molecular flexibility index (Phi) is 6.43. The Morgan fingerprint density at radius 1 is 1.08 bits per heavy atom. The van der Waals surface area contributed by atoms with Gasteiger partial charge in [-0.1, -0.05) is 37.3 Å². The molecule has 0 saturated carbocycles. The Bertz CT molecular complexity index is 1510. The zero-order valence-corrected chi connectivity index (χ0v) is 22.7. The van der Waals surface area contributed by atoms with Crippen molar-refractivity contribution in [3.63, 3.8) is 0 Å². The van der Waals surface area contributed by atoms with E-state index < -0.39 is 17.1 Å². The van der Waals surface area contributed by atoms with Gasteiger partial charge in [0.1, 0.15) is 5.75 Å². The average molecular weight is 523 g/mol. The van der Waals surface area contributed by atoms with Gasteiger partial charge in [0.05, 0.1) is 41.0 Å². The molecule has 1 aliphatic carbocycles. The number of rotatable bonds is 7. The van der Waals surface area contributed by atoms with Crippen molar-refractivity contribution in [3.8, 4) is 11.8 Å². The molecule has 3 aromatic rings. The number of carbonyl (C=O) groups excluding carboxylic acids is 2. The minimum atomic E-state index is -0.583. The van der Waals surface area contributed by atoms with Crippen LogP contribution in [0.25, 0.3) is 10.8 Å². The Morgan fingerprint density at radius 3 is 2.64 bits per heavy atom. The first-order valence-electron chi connectivity index (χ1n) is 14.1. The smallest absolute Gasteiger partial charge is 0.239 e. The van der Waals surface area contributed by atoms with Gasteiger partial charge in [0, 0.05) is 24.1 Å². The van der Waals surface area contributed by atoms with Crippen LogP contribution in [-0.4, -0.2) is 29.6 Å². The second-order valence-corrected chi connectivity index (χ2v) is 11.3. The molecule has 0 unspecified atom stereocenters. The first-order chi connectivity index (χ1) is 18.9. The molecule has 2 saturated heterocycles. The molecule has 6 rings (SSSR count). The summed E-state index contributed by atoms with van der Waals surface area (Å²) in [6.45, 7) is 4.02. The van der Waals surface area contributed by atoms with Crippen LogP contribution in [0.1, 0.15) is 69.1 Å². The number of benzene rings is 3. The summed E-state index contributed by atoms with van der Waals surface area (Å²) in [4.78, 5) is 28.5. The topological polar surface area (TPSA) is 79.6 Å². The summed E-state index contributed by atoms with van der Waals surface area (Å²) in [5, 5.41) is 11.0. The molecule has 2 heterocycles. The van der Waals surface area contributed by atoms with E-state index in [1.807, 2.05) is 24.3 Å². The Morgan fingerprint density at radius 2 is 1.87 bits per heavy atom. The fourth-order valence-corrected chi connectivity index (χ4v) is 7.17. The third kappa shape index (κ3) is 4.30. The highest BCUT2D eigenvalue weighted by atomic mass is 16.5. The SMILES string of the molecule is CC[C@]12CC[C@](CCOc3ccc4c(c3)CCC4)(C[C@H]1C(=O)N(C(C)=O)c1ccc(C#N)c3ccccc13)O2. The lowest BCUT2D eigenvalue weighted by Gasteiger charge is -2.34. The summed E-state index contributed by atoms with van der Waals surface area (Å²) in [5.74, 6) is -0.0827. The molecule has 6 nitrogen and oxygen atoms in total. The summed E-state index contributed by atoms with van der Waals surface area (Å²) in [6.07, 6.45) is 7.13. The highest BCUT2D eigenvalue weighted by molar-refractivity contribution is 6.19. The van der Waals surface area contributed by atoms with Gasteiger partial charge in [0.15, 0.2) is 0 Å². The molecule has 2 bridgehead atoms. The largest absolute Gasteiger partial charge is 0.493 e. The number of aryl methyl sites for hydroxylation is 2. The maximum atomic E-state index is 14.2. The zero-order chi connectivity index (χ0) is 27.2. The lowest BCUT2D eigenvalue weighted by molar-refractivity contribution is -0.132. The number of nitriles is 1. The lowest BCUT2D eigenvalue weighted by atomic mass is 9.71. The van der Waals surface area contributed by atoms with Gasteiger partial charge in [0.25, 0.3) is 0 Å². The molecule has 39 heavy (non-hydrogen) atoms. The molecule has 0 radical (unpaired) electrons. The van der Waals surface area contributed by atoms with Crippen LogP contribution in [0.2, 0.25) is 0 Å². The lowest BCUT2D eigenvalue weighted by Crippen LogP contribution is -2.48. The quantitative estimate of drug-likeness (QED) is 0.366. The van der Waals surface area contributed by atoms with E-state index >= 15 is 0 Å². The maximum Gasteiger partial charge on any atom is 0.239 e. The Balaban J connectivity index is 1.24. The highest BCUT2D eigenvalue weighted by Crippen LogP contribution is 2.58. The number of fused-ring (bicyclic) bond motifs is 4. The van der Waals surface area contributed by atoms with Crippen LogP contribution in [0.3, 0.4) is 0 Å². The first kappa shape index (κ1) is 25.6. The van der Waals surface area contributed by atoms with E-state index in [9.17, 15) is 14.9 Å². The van der Waals surface area contributed by atoms with Gasteiger partial charge in [-0.2, -0.15) is 5.26 Å². The van der Waals surface area contributed by atoms with E-state index in [0.29, 0.717) is 42.5 Å². The van der Waals surface area contributed by atoms with Crippen LogP contribution in [-0.2, 0) is 27.2 Å². The van der Waals surface area contributed by atoms with Gasteiger partial charge < -0.3 is 9.47 Å². The van der Waals surface area contributed by atoms with Crippen LogP contribution in [0.5, 0.6) is 5.75 Å². The van der Waals surface area contributed by atoms with Gasteiger partial charge in [-0.15, -0.1) is 0 Å². The second-order valence-electron chi connectivity index (χ2n) is 11.3. The minimum absolute atomic E-state index is 0.222. The minimum Gasteiger partial charge on any atom is -0.493 e. The van der Waals surface area contributed by atoms with Crippen molar-refractivity contribution < 1.29 is 19.1 Å². The number of carbonyl (C=O) groups is 2. The predicted molar refractivity (Wildman–Crippen MR) is 150 cm³/mol. The van der Waals surface area contributed by atoms with Crippen LogP contribution in [0.15, 0.2) is 54.6 Å². The fourth-order valence-electron chi connectivity index (χ4n) is 7.17.